The van der Waals surface area contributed by atoms with Gasteiger partial charge in [0.1, 0.15) is 17.2 Å². The van der Waals surface area contributed by atoms with Gasteiger partial charge in [-0.05, 0) is 60.7 Å². The third kappa shape index (κ3) is 6.19. The monoisotopic (exact) mass is 385 g/mol. The molecule has 0 aromatic heterocycles. The third-order valence-electron chi connectivity index (χ3n) is 4.54. The van der Waals surface area contributed by atoms with Crippen molar-refractivity contribution in [1.82, 2.24) is 5.32 Å². The predicted octanol–water partition coefficient (Wildman–Crippen LogP) is 4.76. The van der Waals surface area contributed by atoms with E-state index in [-0.39, 0.29) is 11.9 Å². The molecule has 2 aromatic rings. The van der Waals surface area contributed by atoms with Crippen LogP contribution in [0.25, 0.3) is 0 Å². The van der Waals surface area contributed by atoms with Crippen LogP contribution in [0.3, 0.4) is 0 Å². The molecule has 0 radical (unpaired) electrons. The summed E-state index contributed by atoms with van der Waals surface area (Å²) in [5, 5.41) is 3.17. The second-order valence-corrected chi connectivity index (χ2v) is 7.15. The summed E-state index contributed by atoms with van der Waals surface area (Å²) in [4.78, 5) is 12.9. The average Bonchev–Trinajstić information content (AvgIpc) is 2.71. The Balaban J connectivity index is 2.10. The highest BCUT2D eigenvalue weighted by atomic mass is 16.5. The molecule has 0 bridgehead atoms. The van der Waals surface area contributed by atoms with Gasteiger partial charge in [0.15, 0.2) is 6.10 Å². The van der Waals surface area contributed by atoms with E-state index in [0.717, 1.165) is 23.5 Å². The Labute approximate surface area is 168 Å². The quantitative estimate of drug-likeness (QED) is 0.640. The van der Waals surface area contributed by atoms with E-state index >= 15 is 0 Å². The fraction of sp³-hybridized carbons (Fsp3) is 0.435. The van der Waals surface area contributed by atoms with Crippen LogP contribution < -0.4 is 19.5 Å². The first kappa shape index (κ1) is 21.6. The van der Waals surface area contributed by atoms with Crippen LogP contribution in [0.4, 0.5) is 0 Å². The molecule has 5 nitrogen and oxygen atoms in total. The van der Waals surface area contributed by atoms with Crippen molar-refractivity contribution >= 4 is 5.91 Å². The number of amides is 1. The van der Waals surface area contributed by atoms with Gasteiger partial charge in [0.2, 0.25) is 0 Å². The van der Waals surface area contributed by atoms with E-state index in [4.69, 9.17) is 14.2 Å². The summed E-state index contributed by atoms with van der Waals surface area (Å²) in [6, 6.07) is 15.0. The van der Waals surface area contributed by atoms with Crippen molar-refractivity contribution in [1.29, 1.82) is 0 Å². The minimum Gasteiger partial charge on any atom is -0.497 e. The molecule has 2 atom stereocenters. The maximum atomic E-state index is 12.9. The van der Waals surface area contributed by atoms with Crippen LogP contribution in [0, 0.1) is 5.92 Å². The van der Waals surface area contributed by atoms with Gasteiger partial charge in [0, 0.05) is 0 Å². The molecule has 5 heteroatoms. The molecule has 0 aliphatic heterocycles. The summed E-state index contributed by atoms with van der Waals surface area (Å²) >= 11 is 0. The molecule has 0 unspecified atom stereocenters. The number of ether oxygens (including phenoxy) is 3. The van der Waals surface area contributed by atoms with E-state index in [1.54, 1.807) is 14.2 Å². The summed E-state index contributed by atoms with van der Waals surface area (Å²) in [5.41, 5.74) is 1.06. The molecule has 0 aliphatic rings. The molecule has 2 aromatic carbocycles. The number of hydrogen-bond acceptors (Lipinski definition) is 4. The molecule has 152 valence electrons. The number of rotatable bonds is 10. The number of benzene rings is 2. The maximum Gasteiger partial charge on any atom is 0.261 e. The van der Waals surface area contributed by atoms with Crippen LogP contribution in [-0.4, -0.2) is 26.2 Å². The van der Waals surface area contributed by atoms with Crippen LogP contribution >= 0.6 is 0 Å². The van der Waals surface area contributed by atoms with Crippen molar-refractivity contribution in [3.05, 3.63) is 54.1 Å². The second kappa shape index (κ2) is 10.6. The first-order valence-electron chi connectivity index (χ1n) is 9.71. The highest BCUT2D eigenvalue weighted by Crippen LogP contribution is 2.25. The molecule has 0 aliphatic carbocycles. The van der Waals surface area contributed by atoms with E-state index in [2.05, 4.69) is 19.2 Å². The van der Waals surface area contributed by atoms with Crippen molar-refractivity contribution in [3.8, 4) is 17.2 Å². The maximum absolute atomic E-state index is 12.9. The van der Waals surface area contributed by atoms with E-state index in [1.807, 2.05) is 55.5 Å². The Hall–Kier alpha value is -2.69. The minimum atomic E-state index is -0.554. The van der Waals surface area contributed by atoms with Crippen LogP contribution in [0.15, 0.2) is 48.5 Å². The van der Waals surface area contributed by atoms with Crippen LogP contribution in [0.5, 0.6) is 17.2 Å². The normalized spacial score (nSPS) is 12.9. The lowest BCUT2D eigenvalue weighted by molar-refractivity contribution is -0.129. The zero-order valence-electron chi connectivity index (χ0n) is 17.4. The number of nitrogens with one attached hydrogen (secondary N) is 1. The van der Waals surface area contributed by atoms with Gasteiger partial charge in [-0.3, -0.25) is 4.79 Å². The van der Waals surface area contributed by atoms with Gasteiger partial charge < -0.3 is 19.5 Å². The standard InChI is InChI=1S/C23H31NO4/c1-6-22(28-20-13-11-19(27-5)12-14-20)23(25)24-21(15-16(2)3)17-7-9-18(26-4)10-8-17/h7-14,16,21-22H,6,15H2,1-5H3,(H,24,25)/t21-,22+/m0/s1. The molecule has 28 heavy (non-hydrogen) atoms. The topological polar surface area (TPSA) is 56.8 Å². The van der Waals surface area contributed by atoms with Crippen LogP contribution in [0.1, 0.15) is 45.2 Å². The number of methoxy groups -OCH3 is 2. The van der Waals surface area contributed by atoms with E-state index in [1.165, 1.54) is 0 Å². The van der Waals surface area contributed by atoms with Crippen molar-refractivity contribution < 1.29 is 19.0 Å². The highest BCUT2D eigenvalue weighted by Gasteiger charge is 2.23. The minimum absolute atomic E-state index is 0.0769. The Morgan fingerprint density at radius 2 is 1.39 bits per heavy atom. The molecular weight excluding hydrogens is 354 g/mol. The van der Waals surface area contributed by atoms with E-state index in [9.17, 15) is 4.79 Å². The first-order valence-corrected chi connectivity index (χ1v) is 9.71. The lowest BCUT2D eigenvalue weighted by Gasteiger charge is -2.24. The van der Waals surface area contributed by atoms with Crippen molar-refractivity contribution in [2.24, 2.45) is 5.92 Å². The van der Waals surface area contributed by atoms with Gasteiger partial charge in [-0.15, -0.1) is 0 Å². The SMILES string of the molecule is CC[C@@H](Oc1ccc(OC)cc1)C(=O)N[C@@H](CC(C)C)c1ccc(OC)cc1. The van der Waals surface area contributed by atoms with E-state index in [0.29, 0.717) is 18.1 Å². The van der Waals surface area contributed by atoms with Crippen LogP contribution in [-0.2, 0) is 4.79 Å². The first-order chi connectivity index (χ1) is 13.5. The van der Waals surface area contributed by atoms with Gasteiger partial charge >= 0.3 is 0 Å². The Bertz CT molecular complexity index is 725. The Morgan fingerprint density at radius 3 is 1.86 bits per heavy atom. The van der Waals surface area contributed by atoms with Crippen molar-refractivity contribution in [3.63, 3.8) is 0 Å². The number of hydrogen-bond donors (Lipinski definition) is 1. The summed E-state index contributed by atoms with van der Waals surface area (Å²) in [6.07, 6.45) is 0.868. The molecule has 2 rings (SSSR count). The summed E-state index contributed by atoms with van der Waals surface area (Å²) in [5.74, 6) is 2.52. The van der Waals surface area contributed by atoms with E-state index < -0.39 is 6.10 Å². The average molecular weight is 386 g/mol. The molecule has 1 N–H and O–H groups in total. The molecule has 1 amide bonds. The molecule has 0 saturated carbocycles. The van der Waals surface area contributed by atoms with Gasteiger partial charge in [0.05, 0.1) is 20.3 Å². The summed E-state index contributed by atoms with van der Waals surface area (Å²) in [6.45, 7) is 6.24. The summed E-state index contributed by atoms with van der Waals surface area (Å²) < 4.78 is 16.3. The zero-order valence-corrected chi connectivity index (χ0v) is 17.4. The second-order valence-electron chi connectivity index (χ2n) is 7.15. The lowest BCUT2D eigenvalue weighted by Crippen LogP contribution is -2.40. The van der Waals surface area contributed by atoms with Crippen LogP contribution in [0.2, 0.25) is 0 Å². The highest BCUT2D eigenvalue weighted by molar-refractivity contribution is 5.81. The molecule has 0 heterocycles. The Morgan fingerprint density at radius 1 is 0.893 bits per heavy atom. The molecular formula is C23H31NO4. The molecule has 0 saturated heterocycles. The predicted molar refractivity (Wildman–Crippen MR) is 111 cm³/mol. The van der Waals surface area contributed by atoms with Crippen molar-refractivity contribution in [2.75, 3.05) is 14.2 Å². The third-order valence-corrected chi connectivity index (χ3v) is 4.54. The fourth-order valence-electron chi connectivity index (χ4n) is 2.99. The number of carbonyl (C=O) groups is 1. The number of carbonyl (C=O) groups excluding carboxylic acids is 1. The largest absolute Gasteiger partial charge is 0.497 e. The smallest absolute Gasteiger partial charge is 0.261 e. The fourth-order valence-corrected chi connectivity index (χ4v) is 2.99. The lowest BCUT2D eigenvalue weighted by atomic mass is 9.96. The van der Waals surface area contributed by atoms with Gasteiger partial charge in [-0.1, -0.05) is 32.9 Å². The Kier molecular flexibility index (Phi) is 8.18. The summed E-state index contributed by atoms with van der Waals surface area (Å²) in [7, 11) is 3.26. The van der Waals surface area contributed by atoms with Gasteiger partial charge in [0.25, 0.3) is 5.91 Å². The van der Waals surface area contributed by atoms with Gasteiger partial charge in [-0.25, -0.2) is 0 Å². The van der Waals surface area contributed by atoms with Gasteiger partial charge in [-0.2, -0.15) is 0 Å². The zero-order chi connectivity index (χ0) is 20.5. The molecule has 0 spiro atoms. The van der Waals surface area contributed by atoms with Crippen molar-refractivity contribution in [2.45, 2.75) is 45.8 Å². The molecule has 0 fully saturated rings.